The van der Waals surface area contributed by atoms with Gasteiger partial charge in [-0.25, -0.2) is 4.68 Å². The third-order valence-electron chi connectivity index (χ3n) is 6.72. The molecule has 0 saturated carbocycles. The van der Waals surface area contributed by atoms with E-state index in [9.17, 15) is 9.59 Å². The molecule has 2 heterocycles. The largest absolute Gasteiger partial charge is 0.355 e. The van der Waals surface area contributed by atoms with Crippen LogP contribution in [0.2, 0.25) is 0 Å². The van der Waals surface area contributed by atoms with E-state index in [2.05, 4.69) is 83.3 Å². The Kier molecular flexibility index (Phi) is 7.83. The van der Waals surface area contributed by atoms with Crippen LogP contribution in [-0.4, -0.2) is 40.4 Å². The molecule has 2 aromatic carbocycles. The van der Waals surface area contributed by atoms with Crippen molar-refractivity contribution in [3.63, 3.8) is 0 Å². The zero-order valence-corrected chi connectivity index (χ0v) is 23.8. The van der Waals surface area contributed by atoms with Crippen LogP contribution in [0, 0.1) is 20.8 Å². The number of rotatable bonds is 6. The minimum absolute atomic E-state index is 0.0347. The molecule has 1 atom stereocenters. The lowest BCUT2D eigenvalue weighted by atomic mass is 9.86. The molecule has 2 amide bonds. The number of amides is 2. The molecule has 0 spiro atoms. The summed E-state index contributed by atoms with van der Waals surface area (Å²) in [6.07, 6.45) is 0.838. The zero-order valence-electron chi connectivity index (χ0n) is 23.0. The van der Waals surface area contributed by atoms with Crippen molar-refractivity contribution in [2.75, 3.05) is 23.7 Å². The molecule has 37 heavy (non-hydrogen) atoms. The van der Waals surface area contributed by atoms with E-state index in [4.69, 9.17) is 5.10 Å². The molecule has 7 heteroatoms. The van der Waals surface area contributed by atoms with Gasteiger partial charge in [-0.05, 0) is 49.9 Å². The average Bonchev–Trinajstić information content (AvgIpc) is 3.16. The van der Waals surface area contributed by atoms with E-state index in [-0.39, 0.29) is 34.8 Å². The molecule has 3 aromatic rings. The number of fused-ring (bicyclic) bond motifs is 1. The van der Waals surface area contributed by atoms with E-state index >= 15 is 0 Å². The van der Waals surface area contributed by atoms with Gasteiger partial charge < -0.3 is 5.32 Å². The molecule has 1 aliphatic rings. The summed E-state index contributed by atoms with van der Waals surface area (Å²) in [6.45, 7) is 15.3. The number of hydrogen-bond acceptors (Lipinski definition) is 4. The van der Waals surface area contributed by atoms with Gasteiger partial charge in [-0.1, -0.05) is 69.7 Å². The van der Waals surface area contributed by atoms with Crippen molar-refractivity contribution in [2.45, 2.75) is 65.6 Å². The van der Waals surface area contributed by atoms with Crippen LogP contribution in [-0.2, 0) is 15.0 Å². The maximum atomic E-state index is 13.7. The summed E-state index contributed by atoms with van der Waals surface area (Å²) < 4.78 is 1.91. The van der Waals surface area contributed by atoms with Gasteiger partial charge in [0.15, 0.2) is 0 Å². The summed E-state index contributed by atoms with van der Waals surface area (Å²) in [7, 11) is 0. The highest BCUT2D eigenvalue weighted by molar-refractivity contribution is 8.00. The Hall–Kier alpha value is -3.06. The molecule has 1 N–H and O–H groups in total. The van der Waals surface area contributed by atoms with Gasteiger partial charge in [-0.2, -0.15) is 5.10 Å². The van der Waals surface area contributed by atoms with E-state index in [1.807, 2.05) is 17.7 Å². The smallest absolute Gasteiger partial charge is 0.240 e. The number of anilines is 1. The maximum Gasteiger partial charge on any atom is 0.240 e. The topological polar surface area (TPSA) is 67.2 Å². The number of hydrogen-bond donors (Lipinski definition) is 1. The molecule has 196 valence electrons. The minimum atomic E-state index is -0.279. The number of carbonyl (C=O) groups excluding carboxylic acids is 2. The number of benzene rings is 2. The summed E-state index contributed by atoms with van der Waals surface area (Å²) >= 11 is 1.62. The van der Waals surface area contributed by atoms with Gasteiger partial charge in [-0.3, -0.25) is 14.5 Å². The molecule has 0 radical (unpaired) electrons. The van der Waals surface area contributed by atoms with Crippen molar-refractivity contribution in [1.29, 1.82) is 0 Å². The van der Waals surface area contributed by atoms with Crippen LogP contribution in [0.5, 0.6) is 0 Å². The van der Waals surface area contributed by atoms with Crippen LogP contribution in [0.25, 0.3) is 5.69 Å². The first kappa shape index (κ1) is 27.0. The highest BCUT2D eigenvalue weighted by Gasteiger charge is 2.40. The third kappa shape index (κ3) is 5.47. The molecule has 0 fully saturated rings. The summed E-state index contributed by atoms with van der Waals surface area (Å²) in [4.78, 5) is 28.3. The van der Waals surface area contributed by atoms with Crippen LogP contribution >= 0.6 is 11.8 Å². The number of nitrogens with one attached hydrogen (secondary N) is 1. The maximum absolute atomic E-state index is 13.7. The van der Waals surface area contributed by atoms with Crippen LogP contribution in [0.3, 0.4) is 0 Å². The molecular formula is C30H38N4O2S. The van der Waals surface area contributed by atoms with Crippen molar-refractivity contribution in [3.05, 3.63) is 76.0 Å². The van der Waals surface area contributed by atoms with Gasteiger partial charge >= 0.3 is 0 Å². The van der Waals surface area contributed by atoms with Crippen LogP contribution in [0.4, 0.5) is 5.82 Å². The van der Waals surface area contributed by atoms with Crippen molar-refractivity contribution in [1.82, 2.24) is 15.1 Å². The normalized spacial score (nSPS) is 15.9. The quantitative estimate of drug-likeness (QED) is 0.449. The van der Waals surface area contributed by atoms with Crippen molar-refractivity contribution in [3.8, 4) is 5.69 Å². The fourth-order valence-electron chi connectivity index (χ4n) is 4.87. The van der Waals surface area contributed by atoms with Crippen LogP contribution < -0.4 is 10.2 Å². The van der Waals surface area contributed by atoms with Gasteiger partial charge in [0.25, 0.3) is 0 Å². The minimum Gasteiger partial charge on any atom is -0.355 e. The van der Waals surface area contributed by atoms with Crippen molar-refractivity contribution < 1.29 is 9.59 Å². The van der Waals surface area contributed by atoms with E-state index in [1.165, 1.54) is 11.1 Å². The molecule has 0 aliphatic carbocycles. The Labute approximate surface area is 224 Å². The van der Waals surface area contributed by atoms with Crippen LogP contribution in [0.15, 0.2) is 42.5 Å². The Morgan fingerprint density at radius 3 is 2.49 bits per heavy atom. The second-order valence-electron chi connectivity index (χ2n) is 10.9. The van der Waals surface area contributed by atoms with Crippen molar-refractivity contribution >= 4 is 29.4 Å². The monoisotopic (exact) mass is 518 g/mol. The average molecular weight is 519 g/mol. The molecule has 4 rings (SSSR count). The van der Waals surface area contributed by atoms with Gasteiger partial charge in [0.1, 0.15) is 12.4 Å². The Bertz CT molecular complexity index is 1320. The second-order valence-corrected chi connectivity index (χ2v) is 12.0. The lowest BCUT2D eigenvalue weighted by Gasteiger charge is -2.25. The fraction of sp³-hybridized carbons (Fsp3) is 0.433. The van der Waals surface area contributed by atoms with E-state index in [0.29, 0.717) is 12.4 Å². The lowest BCUT2D eigenvalue weighted by Crippen LogP contribution is -2.42. The summed E-state index contributed by atoms with van der Waals surface area (Å²) in [6, 6.07) is 14.6. The predicted octanol–water partition coefficient (Wildman–Crippen LogP) is 5.79. The molecule has 1 aliphatic heterocycles. The van der Waals surface area contributed by atoms with Gasteiger partial charge in [0, 0.05) is 17.5 Å². The number of aryl methyl sites for hydroxylation is 3. The van der Waals surface area contributed by atoms with Gasteiger partial charge in [-0.15, -0.1) is 11.8 Å². The molecular weight excluding hydrogens is 480 g/mol. The molecule has 0 saturated heterocycles. The second kappa shape index (κ2) is 10.7. The molecule has 6 nitrogen and oxygen atoms in total. The van der Waals surface area contributed by atoms with E-state index < -0.39 is 0 Å². The summed E-state index contributed by atoms with van der Waals surface area (Å²) in [5, 5.41) is 8.07. The highest BCUT2D eigenvalue weighted by Crippen LogP contribution is 2.49. The van der Waals surface area contributed by atoms with Crippen molar-refractivity contribution in [2.24, 2.45) is 0 Å². The number of nitrogens with zero attached hydrogens (tertiary/aromatic N) is 3. The number of aromatic nitrogens is 2. The number of carbonyl (C=O) groups is 2. The Balaban J connectivity index is 2.04. The third-order valence-corrected chi connectivity index (χ3v) is 7.96. The Morgan fingerprint density at radius 1 is 1.11 bits per heavy atom. The highest BCUT2D eigenvalue weighted by atomic mass is 32.2. The standard InChI is InChI=1S/C30H38N4O2S/c1-8-15-31-24(35)17-33-25(36)18-37-27(22-12-10-9-11-20(22)3)26-28(30(5,6)7)32-34(29(26)33)23-14-13-19(2)16-21(23)4/h9-14,16,27H,8,15,17-18H2,1-7H3,(H,31,35)/t27-/m1/s1. The first-order valence-electron chi connectivity index (χ1n) is 13.0. The SMILES string of the molecule is CCCNC(=O)CN1C(=O)CS[C@H](c2ccccc2C)c2c(C(C)(C)C)nn(-c3ccc(C)cc3C)c21. The molecule has 0 unspecified atom stereocenters. The zero-order chi connectivity index (χ0) is 26.9. The van der Waals surface area contributed by atoms with E-state index in [0.717, 1.165) is 34.5 Å². The molecule has 0 bridgehead atoms. The first-order valence-corrected chi connectivity index (χ1v) is 14.0. The summed E-state index contributed by atoms with van der Waals surface area (Å²) in [5.41, 5.74) is 7.17. The number of thioether (sulfide) groups is 1. The summed E-state index contributed by atoms with van der Waals surface area (Å²) in [5.74, 6) is 0.740. The Morgan fingerprint density at radius 2 is 1.84 bits per heavy atom. The predicted molar refractivity (Wildman–Crippen MR) is 153 cm³/mol. The lowest BCUT2D eigenvalue weighted by molar-refractivity contribution is -0.122. The van der Waals surface area contributed by atoms with E-state index in [1.54, 1.807) is 16.7 Å². The van der Waals surface area contributed by atoms with Crippen LogP contribution in [0.1, 0.15) is 72.9 Å². The van der Waals surface area contributed by atoms with Gasteiger partial charge in [0.05, 0.1) is 22.4 Å². The first-order chi connectivity index (χ1) is 17.5. The molecule has 1 aromatic heterocycles. The van der Waals surface area contributed by atoms with Gasteiger partial charge in [0.2, 0.25) is 11.8 Å². The fourth-order valence-corrected chi connectivity index (χ4v) is 6.17.